The van der Waals surface area contributed by atoms with Crippen molar-refractivity contribution in [3.8, 4) is 0 Å². The Morgan fingerprint density at radius 2 is 1.71 bits per heavy atom. The lowest BCUT2D eigenvalue weighted by atomic mass is 9.94. The van der Waals surface area contributed by atoms with E-state index in [0.29, 0.717) is 5.92 Å². The zero-order chi connectivity index (χ0) is 13.6. The zero-order valence-electron chi connectivity index (χ0n) is 10.5. The molecule has 2 atom stereocenters. The summed E-state index contributed by atoms with van der Waals surface area (Å²) in [4.78, 5) is 10.7. The Bertz CT molecular complexity index is 236. The minimum atomic E-state index is -4.93. The summed E-state index contributed by atoms with van der Waals surface area (Å²) in [6.45, 7) is 5.91. The molecule has 0 aromatic rings. The first-order valence-electron chi connectivity index (χ1n) is 5.93. The van der Waals surface area contributed by atoms with E-state index in [4.69, 9.17) is 5.11 Å². The van der Waals surface area contributed by atoms with Gasteiger partial charge in [-0.1, -0.05) is 40.0 Å². The first kappa shape index (κ1) is 16.4. The predicted octanol–water partition coefficient (Wildman–Crippen LogP) is 3.33. The van der Waals surface area contributed by atoms with Gasteiger partial charge in [0.15, 0.2) is 0 Å². The number of hydrogen-bond donors (Lipinski definition) is 1. The van der Waals surface area contributed by atoms with E-state index in [1.165, 1.54) is 0 Å². The van der Waals surface area contributed by atoms with E-state index < -0.39 is 18.1 Å². The first-order chi connectivity index (χ1) is 7.64. The largest absolute Gasteiger partial charge is 0.452 e. The minimum absolute atomic E-state index is 0.0740. The summed E-state index contributed by atoms with van der Waals surface area (Å²) in [5.74, 6) is -1.55. The lowest BCUT2D eigenvalue weighted by molar-refractivity contribution is -0.180. The fraction of sp³-hybridized carbons (Fsp3) is 0.917. The van der Waals surface area contributed by atoms with Gasteiger partial charge < -0.3 is 5.11 Å². The van der Waals surface area contributed by atoms with Crippen molar-refractivity contribution in [2.24, 2.45) is 11.8 Å². The van der Waals surface area contributed by atoms with Crippen LogP contribution in [-0.4, -0.2) is 23.2 Å². The molecule has 0 saturated heterocycles. The number of aliphatic hydroxyl groups is 1. The molecule has 0 rings (SSSR count). The summed E-state index contributed by atoms with van der Waals surface area (Å²) in [5, 5.41) is 9.16. The summed E-state index contributed by atoms with van der Waals surface area (Å²) >= 11 is 0. The molecule has 0 spiro atoms. The number of carbonyl (C=O) groups is 1. The lowest BCUT2D eigenvalue weighted by Crippen LogP contribution is -2.35. The monoisotopic (exact) mass is 254 g/mol. The van der Waals surface area contributed by atoms with Crippen LogP contribution < -0.4 is 0 Å². The molecule has 102 valence electrons. The summed E-state index contributed by atoms with van der Waals surface area (Å²) < 4.78 is 36.0. The van der Waals surface area contributed by atoms with Crippen LogP contribution in [0.2, 0.25) is 0 Å². The molecule has 0 aliphatic heterocycles. The van der Waals surface area contributed by atoms with Gasteiger partial charge in [-0.3, -0.25) is 4.79 Å². The van der Waals surface area contributed by atoms with E-state index in [2.05, 4.69) is 13.8 Å². The maximum Gasteiger partial charge on any atom is 0.452 e. The zero-order valence-corrected chi connectivity index (χ0v) is 10.5. The molecule has 0 aliphatic carbocycles. The van der Waals surface area contributed by atoms with E-state index in [0.717, 1.165) is 19.3 Å². The molecular formula is C12H21F3O2. The molecule has 0 aliphatic rings. The number of aliphatic hydroxyl groups excluding tert-OH is 1. The lowest BCUT2D eigenvalue weighted by Gasteiger charge is -2.17. The Morgan fingerprint density at radius 1 is 1.18 bits per heavy atom. The van der Waals surface area contributed by atoms with Crippen molar-refractivity contribution in [2.75, 3.05) is 0 Å². The molecule has 0 heterocycles. The smallest absolute Gasteiger partial charge is 0.385 e. The Hall–Kier alpha value is -0.580. The van der Waals surface area contributed by atoms with Gasteiger partial charge in [0.1, 0.15) is 6.10 Å². The van der Waals surface area contributed by atoms with E-state index >= 15 is 0 Å². The molecule has 2 unspecified atom stereocenters. The molecular weight excluding hydrogens is 233 g/mol. The Kier molecular flexibility index (Phi) is 6.75. The minimum Gasteiger partial charge on any atom is -0.385 e. The maximum absolute atomic E-state index is 12.0. The highest BCUT2D eigenvalue weighted by Crippen LogP contribution is 2.23. The number of carbonyl (C=O) groups excluding carboxylic acids is 1. The highest BCUT2D eigenvalue weighted by molar-refractivity contribution is 5.87. The fourth-order valence-corrected chi connectivity index (χ4v) is 1.67. The van der Waals surface area contributed by atoms with E-state index in [-0.39, 0.29) is 12.3 Å². The molecule has 0 saturated carbocycles. The predicted molar refractivity (Wildman–Crippen MR) is 59.5 cm³/mol. The Morgan fingerprint density at radius 3 is 2.12 bits per heavy atom. The van der Waals surface area contributed by atoms with Gasteiger partial charge in [0, 0.05) is 0 Å². The number of ketones is 1. The van der Waals surface area contributed by atoms with E-state index in [1.807, 2.05) is 0 Å². The molecule has 0 amide bonds. The topological polar surface area (TPSA) is 37.3 Å². The molecule has 5 heteroatoms. The third kappa shape index (κ3) is 7.36. The highest BCUT2D eigenvalue weighted by atomic mass is 19.4. The van der Waals surface area contributed by atoms with Crippen LogP contribution in [0.25, 0.3) is 0 Å². The van der Waals surface area contributed by atoms with Gasteiger partial charge in [-0.2, -0.15) is 13.2 Å². The number of hydrogen-bond acceptors (Lipinski definition) is 2. The molecule has 0 aromatic carbocycles. The van der Waals surface area contributed by atoms with Crippen molar-refractivity contribution in [1.29, 1.82) is 0 Å². The Balaban J connectivity index is 3.95. The van der Waals surface area contributed by atoms with Crippen LogP contribution in [0.1, 0.15) is 46.5 Å². The van der Waals surface area contributed by atoms with Crippen LogP contribution in [0.3, 0.4) is 0 Å². The number of Topliss-reactive ketones (excluding diaryl/α,β-unsaturated/α-hetero) is 1. The van der Waals surface area contributed by atoms with Gasteiger partial charge in [0.2, 0.25) is 0 Å². The second-order valence-corrected chi connectivity index (χ2v) is 5.04. The van der Waals surface area contributed by atoms with Crippen molar-refractivity contribution < 1.29 is 23.1 Å². The van der Waals surface area contributed by atoms with Crippen LogP contribution in [0.4, 0.5) is 13.2 Å². The average molecular weight is 254 g/mol. The van der Waals surface area contributed by atoms with Gasteiger partial charge in [0.05, 0.1) is 0 Å². The molecule has 0 fully saturated rings. The van der Waals surface area contributed by atoms with Crippen molar-refractivity contribution in [3.05, 3.63) is 0 Å². The molecule has 2 nitrogen and oxygen atoms in total. The van der Waals surface area contributed by atoms with Crippen LogP contribution in [-0.2, 0) is 4.79 Å². The standard InChI is InChI=1S/C12H21F3O2/c1-8(2)5-4-6-9(3)7-10(16)11(17)12(13,14)15/h8-10,16H,4-7H2,1-3H3. The average Bonchev–Trinajstić information content (AvgIpc) is 2.14. The number of alkyl halides is 3. The second-order valence-electron chi connectivity index (χ2n) is 5.04. The molecule has 0 bridgehead atoms. The van der Waals surface area contributed by atoms with Crippen molar-refractivity contribution in [2.45, 2.75) is 58.7 Å². The molecule has 17 heavy (non-hydrogen) atoms. The van der Waals surface area contributed by atoms with Crippen molar-refractivity contribution >= 4 is 5.78 Å². The molecule has 0 aromatic heterocycles. The summed E-state index contributed by atoms with van der Waals surface area (Å²) in [6, 6.07) is 0. The van der Waals surface area contributed by atoms with E-state index in [9.17, 15) is 18.0 Å². The molecule has 0 radical (unpaired) electrons. The third-order valence-corrected chi connectivity index (χ3v) is 2.69. The van der Waals surface area contributed by atoms with E-state index in [1.54, 1.807) is 6.92 Å². The quantitative estimate of drug-likeness (QED) is 0.756. The van der Waals surface area contributed by atoms with Gasteiger partial charge in [-0.25, -0.2) is 0 Å². The molecule has 1 N–H and O–H groups in total. The van der Waals surface area contributed by atoms with Crippen LogP contribution in [0, 0.1) is 11.8 Å². The van der Waals surface area contributed by atoms with Gasteiger partial charge in [0.25, 0.3) is 5.78 Å². The Labute approximate surface area is 100 Å². The van der Waals surface area contributed by atoms with Gasteiger partial charge >= 0.3 is 6.18 Å². The van der Waals surface area contributed by atoms with Crippen LogP contribution in [0.15, 0.2) is 0 Å². The summed E-state index contributed by atoms with van der Waals surface area (Å²) in [5.41, 5.74) is 0. The number of halogens is 3. The van der Waals surface area contributed by atoms with Crippen LogP contribution >= 0.6 is 0 Å². The first-order valence-corrected chi connectivity index (χ1v) is 5.93. The van der Waals surface area contributed by atoms with Gasteiger partial charge in [-0.05, 0) is 18.3 Å². The number of rotatable bonds is 7. The summed E-state index contributed by atoms with van der Waals surface area (Å²) in [6.07, 6.45) is -4.31. The fourth-order valence-electron chi connectivity index (χ4n) is 1.67. The SMILES string of the molecule is CC(C)CCCC(C)CC(O)C(=O)C(F)(F)F. The normalized spacial score (nSPS) is 16.0. The maximum atomic E-state index is 12.0. The van der Waals surface area contributed by atoms with Crippen molar-refractivity contribution in [3.63, 3.8) is 0 Å². The third-order valence-electron chi connectivity index (χ3n) is 2.69. The highest BCUT2D eigenvalue weighted by Gasteiger charge is 2.42. The van der Waals surface area contributed by atoms with Crippen molar-refractivity contribution in [1.82, 2.24) is 0 Å². The van der Waals surface area contributed by atoms with Gasteiger partial charge in [-0.15, -0.1) is 0 Å². The second kappa shape index (κ2) is 6.99. The summed E-state index contributed by atoms with van der Waals surface area (Å²) in [7, 11) is 0. The van der Waals surface area contributed by atoms with Crippen LogP contribution in [0.5, 0.6) is 0 Å².